The number of nitrogens with one attached hydrogen (secondary N) is 1. The van der Waals surface area contributed by atoms with Crippen LogP contribution in [0.15, 0.2) is 0 Å². The van der Waals surface area contributed by atoms with Crippen LogP contribution in [0, 0.1) is 5.92 Å². The van der Waals surface area contributed by atoms with E-state index in [0.717, 1.165) is 18.0 Å². The monoisotopic (exact) mass is 237 g/mol. The van der Waals surface area contributed by atoms with E-state index in [1.165, 1.54) is 64.8 Å². The minimum atomic E-state index is 0.880. The summed E-state index contributed by atoms with van der Waals surface area (Å²) in [4.78, 5) is 5.22. The van der Waals surface area contributed by atoms with Crippen molar-refractivity contribution in [3.05, 3.63) is 0 Å². The van der Waals surface area contributed by atoms with E-state index in [0.29, 0.717) is 0 Å². The Kier molecular flexibility index (Phi) is 3.69. The smallest absolute Gasteiger partial charge is 0.0109 e. The van der Waals surface area contributed by atoms with Crippen LogP contribution in [0.2, 0.25) is 0 Å². The molecular weight excluding hydrogens is 210 g/mol. The van der Waals surface area contributed by atoms with Gasteiger partial charge in [0, 0.05) is 31.7 Å². The molecule has 0 amide bonds. The molecule has 1 aliphatic heterocycles. The summed E-state index contributed by atoms with van der Waals surface area (Å²) in [6, 6.07) is 1.80. The quantitative estimate of drug-likeness (QED) is 0.717. The number of hydrogen-bond acceptors (Lipinski definition) is 3. The van der Waals surface area contributed by atoms with Crippen LogP contribution >= 0.6 is 0 Å². The number of likely N-dealkylation sites (N-methyl/N-ethyl adjacent to an activating group) is 1. The van der Waals surface area contributed by atoms with E-state index in [9.17, 15) is 0 Å². The Bertz CT molecular complexity index is 248. The van der Waals surface area contributed by atoms with Crippen molar-refractivity contribution in [3.8, 4) is 0 Å². The highest BCUT2D eigenvalue weighted by molar-refractivity contribution is 4.86. The zero-order valence-electron chi connectivity index (χ0n) is 11.2. The van der Waals surface area contributed by atoms with Gasteiger partial charge in [0.25, 0.3) is 0 Å². The van der Waals surface area contributed by atoms with Crippen molar-refractivity contribution >= 4 is 0 Å². The molecule has 3 aliphatic rings. The summed E-state index contributed by atoms with van der Waals surface area (Å²) < 4.78 is 0. The van der Waals surface area contributed by atoms with E-state index in [1.54, 1.807) is 0 Å². The molecule has 0 bridgehead atoms. The summed E-state index contributed by atoms with van der Waals surface area (Å²) >= 11 is 0. The first-order chi connectivity index (χ1) is 8.31. The van der Waals surface area contributed by atoms with Gasteiger partial charge >= 0.3 is 0 Å². The van der Waals surface area contributed by atoms with Crippen molar-refractivity contribution in [3.63, 3.8) is 0 Å². The lowest BCUT2D eigenvalue weighted by atomic mass is 10.1. The molecule has 1 atom stereocenters. The molecule has 0 radical (unpaired) electrons. The maximum atomic E-state index is 3.68. The lowest BCUT2D eigenvalue weighted by Crippen LogP contribution is -2.34. The summed E-state index contributed by atoms with van der Waals surface area (Å²) in [5, 5.41) is 3.68. The first-order valence-electron chi connectivity index (χ1n) is 7.47. The molecule has 2 aliphatic carbocycles. The molecule has 0 spiro atoms. The van der Waals surface area contributed by atoms with Gasteiger partial charge in [-0.25, -0.2) is 0 Å². The largest absolute Gasteiger partial charge is 0.314 e. The molecule has 1 N–H and O–H groups in total. The standard InChI is InChI=1S/C14H27N3/c1-16(14-4-5-14)8-9-17-7-6-12(11-17)10-15-13-2-3-13/h12-15H,2-11H2,1H3. The zero-order valence-corrected chi connectivity index (χ0v) is 11.2. The van der Waals surface area contributed by atoms with Gasteiger partial charge in [0.1, 0.15) is 0 Å². The minimum absolute atomic E-state index is 0.880. The molecule has 0 aromatic carbocycles. The Morgan fingerprint density at radius 3 is 2.71 bits per heavy atom. The average Bonchev–Trinajstić information content (AvgIpc) is 3.22. The molecule has 3 heteroatoms. The Hall–Kier alpha value is -0.120. The Labute approximate surface area is 106 Å². The third kappa shape index (κ3) is 3.67. The lowest BCUT2D eigenvalue weighted by molar-refractivity contribution is 0.245. The zero-order chi connectivity index (χ0) is 11.7. The second-order valence-corrected chi connectivity index (χ2v) is 6.35. The van der Waals surface area contributed by atoms with Gasteiger partial charge in [-0.2, -0.15) is 0 Å². The van der Waals surface area contributed by atoms with E-state index in [-0.39, 0.29) is 0 Å². The van der Waals surface area contributed by atoms with Crippen molar-refractivity contribution < 1.29 is 0 Å². The molecule has 0 aromatic heterocycles. The third-order valence-electron chi connectivity index (χ3n) is 4.58. The summed E-state index contributed by atoms with van der Waals surface area (Å²) in [5.74, 6) is 0.918. The van der Waals surface area contributed by atoms with Gasteiger partial charge < -0.3 is 15.1 Å². The van der Waals surface area contributed by atoms with Gasteiger partial charge in [0.05, 0.1) is 0 Å². The van der Waals surface area contributed by atoms with Crippen molar-refractivity contribution in [2.45, 2.75) is 44.2 Å². The predicted molar refractivity (Wildman–Crippen MR) is 71.2 cm³/mol. The van der Waals surface area contributed by atoms with Gasteiger partial charge in [-0.15, -0.1) is 0 Å². The van der Waals surface area contributed by atoms with Crippen LogP contribution in [0.3, 0.4) is 0 Å². The minimum Gasteiger partial charge on any atom is -0.314 e. The average molecular weight is 237 g/mol. The van der Waals surface area contributed by atoms with E-state index < -0.39 is 0 Å². The van der Waals surface area contributed by atoms with Crippen LogP contribution in [-0.4, -0.2) is 61.7 Å². The van der Waals surface area contributed by atoms with Crippen molar-refractivity contribution in [2.24, 2.45) is 5.92 Å². The molecule has 3 rings (SSSR count). The molecule has 1 saturated heterocycles. The van der Waals surface area contributed by atoms with Gasteiger partial charge in [-0.3, -0.25) is 0 Å². The lowest BCUT2D eigenvalue weighted by Gasteiger charge is -2.21. The number of hydrogen-bond donors (Lipinski definition) is 1. The van der Waals surface area contributed by atoms with Crippen LogP contribution < -0.4 is 5.32 Å². The third-order valence-corrected chi connectivity index (χ3v) is 4.58. The van der Waals surface area contributed by atoms with E-state index >= 15 is 0 Å². The summed E-state index contributed by atoms with van der Waals surface area (Å²) in [7, 11) is 2.29. The molecular formula is C14H27N3. The van der Waals surface area contributed by atoms with Crippen LogP contribution in [-0.2, 0) is 0 Å². The molecule has 0 aromatic rings. The fourth-order valence-electron chi connectivity index (χ4n) is 2.90. The van der Waals surface area contributed by atoms with Gasteiger partial charge in [0.2, 0.25) is 0 Å². The maximum Gasteiger partial charge on any atom is 0.0109 e. The van der Waals surface area contributed by atoms with Crippen LogP contribution in [0.5, 0.6) is 0 Å². The van der Waals surface area contributed by atoms with E-state index in [1.807, 2.05) is 0 Å². The second-order valence-electron chi connectivity index (χ2n) is 6.35. The van der Waals surface area contributed by atoms with Gasteiger partial charge in [0.15, 0.2) is 0 Å². The first kappa shape index (κ1) is 11.9. The van der Waals surface area contributed by atoms with Crippen molar-refractivity contribution in [1.29, 1.82) is 0 Å². The highest BCUT2D eigenvalue weighted by atomic mass is 15.2. The van der Waals surface area contributed by atoms with E-state index in [2.05, 4.69) is 22.2 Å². The van der Waals surface area contributed by atoms with Crippen molar-refractivity contribution in [1.82, 2.24) is 15.1 Å². The SMILES string of the molecule is CN(CCN1CCC(CNC2CC2)C1)C1CC1. The Balaban J connectivity index is 1.29. The molecule has 1 unspecified atom stereocenters. The predicted octanol–water partition coefficient (Wildman–Crippen LogP) is 1.15. The first-order valence-corrected chi connectivity index (χ1v) is 7.47. The van der Waals surface area contributed by atoms with Gasteiger partial charge in [-0.1, -0.05) is 0 Å². The fourth-order valence-corrected chi connectivity index (χ4v) is 2.90. The summed E-state index contributed by atoms with van der Waals surface area (Å²) in [6.45, 7) is 6.48. The molecule has 98 valence electrons. The number of nitrogens with zero attached hydrogens (tertiary/aromatic N) is 2. The molecule has 1 heterocycles. The maximum absolute atomic E-state index is 3.68. The van der Waals surface area contributed by atoms with Crippen LogP contribution in [0.1, 0.15) is 32.1 Å². The van der Waals surface area contributed by atoms with Crippen LogP contribution in [0.25, 0.3) is 0 Å². The fraction of sp³-hybridized carbons (Fsp3) is 1.00. The van der Waals surface area contributed by atoms with Crippen LogP contribution in [0.4, 0.5) is 0 Å². The molecule has 3 fully saturated rings. The number of likely N-dealkylation sites (tertiary alicyclic amines) is 1. The summed E-state index contributed by atoms with van der Waals surface area (Å²) in [6.07, 6.45) is 7.12. The molecule has 17 heavy (non-hydrogen) atoms. The Morgan fingerprint density at radius 2 is 2.00 bits per heavy atom. The van der Waals surface area contributed by atoms with Gasteiger partial charge in [-0.05, 0) is 58.2 Å². The highest BCUT2D eigenvalue weighted by Gasteiger charge is 2.28. The van der Waals surface area contributed by atoms with Crippen molar-refractivity contribution in [2.75, 3.05) is 39.8 Å². The molecule has 3 nitrogen and oxygen atoms in total. The molecule has 2 saturated carbocycles. The second kappa shape index (κ2) is 5.25. The normalized spacial score (nSPS) is 30.4. The summed E-state index contributed by atoms with van der Waals surface area (Å²) in [5.41, 5.74) is 0. The Morgan fingerprint density at radius 1 is 1.18 bits per heavy atom. The topological polar surface area (TPSA) is 18.5 Å². The number of rotatable bonds is 7. The highest BCUT2D eigenvalue weighted by Crippen LogP contribution is 2.25. The van der Waals surface area contributed by atoms with E-state index in [4.69, 9.17) is 0 Å².